The molecule has 0 aromatic heterocycles. The molecule has 0 saturated carbocycles. The Hall–Kier alpha value is -1.05. The molecule has 0 aliphatic heterocycles. The lowest BCUT2D eigenvalue weighted by Gasteiger charge is -2.16. The summed E-state index contributed by atoms with van der Waals surface area (Å²) in [6, 6.07) is 5.68. The van der Waals surface area contributed by atoms with Crippen molar-refractivity contribution in [3.05, 3.63) is 29.6 Å². The molecule has 1 rings (SSSR count). The van der Waals surface area contributed by atoms with Crippen LogP contribution in [0.4, 0.5) is 10.1 Å². The van der Waals surface area contributed by atoms with Crippen molar-refractivity contribution < 1.29 is 4.39 Å². The highest BCUT2D eigenvalue weighted by molar-refractivity contribution is 5.46. The van der Waals surface area contributed by atoms with Crippen molar-refractivity contribution in [3.63, 3.8) is 0 Å². The average Bonchev–Trinajstić information content (AvgIpc) is 2.28. The maximum absolute atomic E-state index is 13.6. The highest BCUT2D eigenvalue weighted by Gasteiger charge is 2.06. The van der Waals surface area contributed by atoms with Crippen molar-refractivity contribution in [1.82, 2.24) is 0 Å². The smallest absolute Gasteiger partial charge is 0.146 e. The Morgan fingerprint density at radius 2 is 2.00 bits per heavy atom. The summed E-state index contributed by atoms with van der Waals surface area (Å²) in [5, 5.41) is 3.24. The molecule has 0 bridgehead atoms. The van der Waals surface area contributed by atoms with Gasteiger partial charge in [-0.05, 0) is 38.0 Å². The first kappa shape index (κ1) is 14.0. The number of anilines is 1. The minimum absolute atomic E-state index is 0.148. The van der Waals surface area contributed by atoms with Gasteiger partial charge in [-0.15, -0.1) is 0 Å². The van der Waals surface area contributed by atoms with Gasteiger partial charge in [-0.1, -0.05) is 38.7 Å². The molecule has 0 amide bonds. The Bertz CT molecular complexity index is 336. The molecule has 1 N–H and O–H groups in total. The molecule has 1 atom stereocenters. The Labute approximate surface area is 104 Å². The number of unbranched alkanes of at least 4 members (excludes halogenated alkanes) is 3. The number of hydrogen-bond acceptors (Lipinski definition) is 1. The number of aryl methyl sites for hydroxylation is 1. The van der Waals surface area contributed by atoms with Crippen LogP contribution >= 0.6 is 0 Å². The van der Waals surface area contributed by atoms with Crippen LogP contribution in [0.15, 0.2) is 18.2 Å². The third-order valence-corrected chi connectivity index (χ3v) is 3.02. The monoisotopic (exact) mass is 237 g/mol. The molecule has 2 heteroatoms. The first-order chi connectivity index (χ1) is 8.13. The Morgan fingerprint density at radius 3 is 2.65 bits per heavy atom. The zero-order valence-corrected chi connectivity index (χ0v) is 11.2. The molecule has 1 aromatic rings. The van der Waals surface area contributed by atoms with E-state index in [-0.39, 0.29) is 5.82 Å². The number of nitrogens with one attached hydrogen (secondary N) is 1. The molecule has 0 aliphatic rings. The predicted octanol–water partition coefficient (Wildman–Crippen LogP) is 4.90. The van der Waals surface area contributed by atoms with Crippen LogP contribution in [0, 0.1) is 12.7 Å². The molecule has 0 spiro atoms. The molecular formula is C15H24FN. The van der Waals surface area contributed by atoms with Crippen molar-refractivity contribution in [2.45, 2.75) is 58.9 Å². The van der Waals surface area contributed by atoms with Crippen LogP contribution < -0.4 is 5.32 Å². The van der Waals surface area contributed by atoms with E-state index in [0.29, 0.717) is 11.7 Å². The van der Waals surface area contributed by atoms with Crippen molar-refractivity contribution in [1.29, 1.82) is 0 Å². The van der Waals surface area contributed by atoms with Crippen molar-refractivity contribution in [3.8, 4) is 0 Å². The van der Waals surface area contributed by atoms with Gasteiger partial charge in [0.25, 0.3) is 0 Å². The molecule has 0 radical (unpaired) electrons. The number of halogens is 1. The molecule has 0 aliphatic carbocycles. The number of hydrogen-bond donors (Lipinski definition) is 1. The highest BCUT2D eigenvalue weighted by atomic mass is 19.1. The van der Waals surface area contributed by atoms with Crippen LogP contribution in [0.1, 0.15) is 51.5 Å². The zero-order valence-electron chi connectivity index (χ0n) is 11.2. The first-order valence-corrected chi connectivity index (χ1v) is 6.66. The van der Waals surface area contributed by atoms with Gasteiger partial charge >= 0.3 is 0 Å². The van der Waals surface area contributed by atoms with E-state index in [0.717, 1.165) is 12.0 Å². The highest BCUT2D eigenvalue weighted by Crippen LogP contribution is 2.17. The van der Waals surface area contributed by atoms with Crippen molar-refractivity contribution in [2.75, 3.05) is 5.32 Å². The lowest BCUT2D eigenvalue weighted by molar-refractivity contribution is 0.585. The van der Waals surface area contributed by atoms with E-state index in [2.05, 4.69) is 19.2 Å². The summed E-state index contributed by atoms with van der Waals surface area (Å²) < 4.78 is 13.6. The van der Waals surface area contributed by atoms with Gasteiger partial charge in [0.15, 0.2) is 0 Å². The molecule has 1 nitrogen and oxygen atoms in total. The summed E-state index contributed by atoms with van der Waals surface area (Å²) in [4.78, 5) is 0. The normalized spacial score (nSPS) is 12.5. The summed E-state index contributed by atoms with van der Waals surface area (Å²) in [6.45, 7) is 6.23. The summed E-state index contributed by atoms with van der Waals surface area (Å²) in [7, 11) is 0. The molecule has 1 unspecified atom stereocenters. The van der Waals surface area contributed by atoms with E-state index in [4.69, 9.17) is 0 Å². The maximum Gasteiger partial charge on any atom is 0.146 e. The lowest BCUT2D eigenvalue weighted by atomic mass is 10.1. The quantitative estimate of drug-likeness (QED) is 0.665. The largest absolute Gasteiger partial charge is 0.380 e. The Balaban J connectivity index is 2.37. The van der Waals surface area contributed by atoms with Crippen molar-refractivity contribution >= 4 is 5.69 Å². The molecule has 0 heterocycles. The van der Waals surface area contributed by atoms with Gasteiger partial charge in [-0.2, -0.15) is 0 Å². The number of rotatable bonds is 7. The Kier molecular flexibility index (Phi) is 6.03. The second kappa shape index (κ2) is 7.31. The van der Waals surface area contributed by atoms with Crippen LogP contribution in [0.5, 0.6) is 0 Å². The second-order valence-corrected chi connectivity index (χ2v) is 4.88. The summed E-state index contributed by atoms with van der Waals surface area (Å²) >= 11 is 0. The van der Waals surface area contributed by atoms with Gasteiger partial charge in [0.05, 0.1) is 5.69 Å². The summed E-state index contributed by atoms with van der Waals surface area (Å²) in [5.41, 5.74) is 1.59. The molecule has 0 saturated heterocycles. The van der Waals surface area contributed by atoms with E-state index >= 15 is 0 Å². The van der Waals surface area contributed by atoms with E-state index in [1.54, 1.807) is 6.07 Å². The van der Waals surface area contributed by atoms with E-state index in [1.807, 2.05) is 19.1 Å². The lowest BCUT2D eigenvalue weighted by Crippen LogP contribution is -2.15. The zero-order chi connectivity index (χ0) is 12.7. The molecule has 1 aromatic carbocycles. The van der Waals surface area contributed by atoms with Crippen LogP contribution in [0.25, 0.3) is 0 Å². The van der Waals surface area contributed by atoms with E-state index in [1.165, 1.54) is 25.7 Å². The van der Waals surface area contributed by atoms with E-state index in [9.17, 15) is 4.39 Å². The van der Waals surface area contributed by atoms with Crippen LogP contribution in [0.2, 0.25) is 0 Å². The van der Waals surface area contributed by atoms with Crippen LogP contribution in [-0.2, 0) is 0 Å². The predicted molar refractivity (Wildman–Crippen MR) is 73.0 cm³/mol. The van der Waals surface area contributed by atoms with Gasteiger partial charge < -0.3 is 5.32 Å². The maximum atomic E-state index is 13.6. The third kappa shape index (κ3) is 5.20. The fourth-order valence-electron chi connectivity index (χ4n) is 1.95. The third-order valence-electron chi connectivity index (χ3n) is 3.02. The van der Waals surface area contributed by atoms with Gasteiger partial charge in [0.2, 0.25) is 0 Å². The number of benzene rings is 1. The topological polar surface area (TPSA) is 12.0 Å². The van der Waals surface area contributed by atoms with Gasteiger partial charge in [-0.25, -0.2) is 4.39 Å². The summed E-state index contributed by atoms with van der Waals surface area (Å²) in [6.07, 6.45) is 6.15. The fourth-order valence-corrected chi connectivity index (χ4v) is 1.95. The minimum atomic E-state index is -0.148. The molecule has 0 fully saturated rings. The van der Waals surface area contributed by atoms with Gasteiger partial charge in [0.1, 0.15) is 5.82 Å². The molecular weight excluding hydrogens is 213 g/mol. The second-order valence-electron chi connectivity index (χ2n) is 4.88. The van der Waals surface area contributed by atoms with Crippen molar-refractivity contribution in [2.24, 2.45) is 0 Å². The summed E-state index contributed by atoms with van der Waals surface area (Å²) in [5.74, 6) is -0.148. The standard InChI is InChI=1S/C15H24FN/c1-4-5-6-7-8-13(3)17-15-10-9-12(2)11-14(15)16/h9-11,13,17H,4-8H2,1-3H3. The van der Waals surface area contributed by atoms with Gasteiger partial charge in [-0.3, -0.25) is 0 Å². The van der Waals surface area contributed by atoms with E-state index < -0.39 is 0 Å². The average molecular weight is 237 g/mol. The SMILES string of the molecule is CCCCCCC(C)Nc1ccc(C)cc1F. The molecule has 96 valence electrons. The molecule has 17 heavy (non-hydrogen) atoms. The minimum Gasteiger partial charge on any atom is -0.380 e. The van der Waals surface area contributed by atoms with Crippen LogP contribution in [0.3, 0.4) is 0 Å². The fraction of sp³-hybridized carbons (Fsp3) is 0.600. The van der Waals surface area contributed by atoms with Gasteiger partial charge in [0, 0.05) is 6.04 Å². The Morgan fingerprint density at radius 1 is 1.24 bits per heavy atom. The first-order valence-electron chi connectivity index (χ1n) is 6.66. The van der Waals surface area contributed by atoms with Crippen LogP contribution in [-0.4, -0.2) is 6.04 Å².